The minimum atomic E-state index is -0.158. The second-order valence-corrected chi connectivity index (χ2v) is 9.01. The van der Waals surface area contributed by atoms with Crippen LogP contribution in [0.5, 0.6) is 5.88 Å². The van der Waals surface area contributed by atoms with Crippen LogP contribution < -0.4 is 20.9 Å². The van der Waals surface area contributed by atoms with E-state index in [-0.39, 0.29) is 11.6 Å². The zero-order valence-electron chi connectivity index (χ0n) is 18.8. The van der Waals surface area contributed by atoms with Gasteiger partial charge >= 0.3 is 0 Å². The standard InChI is InChI=1S/C23H31N7O2/c1-29-21-18(19(28-29)14-6-4-3-5-7-14)22(31)27-20(26-21)16-8-9-17(25-23(16)32-2)30-12-10-15(24)11-13-30/h8-9,14-15H,3-7,10-13,24H2,1-2H3,(H,26,27,31). The van der Waals surface area contributed by atoms with Crippen molar-refractivity contribution < 1.29 is 4.74 Å². The molecular formula is C23H31N7O2. The van der Waals surface area contributed by atoms with Gasteiger partial charge in [-0.25, -0.2) is 9.67 Å². The van der Waals surface area contributed by atoms with Gasteiger partial charge in [-0.2, -0.15) is 10.1 Å². The highest BCUT2D eigenvalue weighted by atomic mass is 16.5. The molecule has 32 heavy (non-hydrogen) atoms. The van der Waals surface area contributed by atoms with E-state index < -0.39 is 0 Å². The molecule has 5 rings (SSSR count). The molecule has 0 spiro atoms. The molecule has 4 heterocycles. The number of nitrogens with one attached hydrogen (secondary N) is 1. The Morgan fingerprint density at radius 1 is 1.09 bits per heavy atom. The lowest BCUT2D eigenvalue weighted by Crippen LogP contribution is -2.40. The molecule has 2 fully saturated rings. The third-order valence-electron chi connectivity index (χ3n) is 6.87. The van der Waals surface area contributed by atoms with Gasteiger partial charge in [-0.15, -0.1) is 0 Å². The first-order chi connectivity index (χ1) is 15.5. The van der Waals surface area contributed by atoms with Gasteiger partial charge in [0.1, 0.15) is 17.0 Å². The van der Waals surface area contributed by atoms with E-state index in [4.69, 9.17) is 25.5 Å². The molecule has 1 aliphatic carbocycles. The molecule has 0 radical (unpaired) electrons. The first-order valence-electron chi connectivity index (χ1n) is 11.6. The second kappa shape index (κ2) is 8.54. The van der Waals surface area contributed by atoms with Gasteiger partial charge in [-0.1, -0.05) is 19.3 Å². The predicted molar refractivity (Wildman–Crippen MR) is 124 cm³/mol. The zero-order chi connectivity index (χ0) is 22.2. The summed E-state index contributed by atoms with van der Waals surface area (Å²) >= 11 is 0. The molecule has 0 unspecified atom stereocenters. The number of aromatic amines is 1. The van der Waals surface area contributed by atoms with Crippen LogP contribution in [0.2, 0.25) is 0 Å². The molecule has 1 saturated carbocycles. The zero-order valence-corrected chi connectivity index (χ0v) is 18.8. The summed E-state index contributed by atoms with van der Waals surface area (Å²) in [4.78, 5) is 27.8. The van der Waals surface area contributed by atoms with Crippen LogP contribution in [0.1, 0.15) is 56.6 Å². The first kappa shape index (κ1) is 20.9. The number of fused-ring (bicyclic) bond motifs is 1. The van der Waals surface area contributed by atoms with E-state index in [1.807, 2.05) is 19.2 Å². The molecule has 0 bridgehead atoms. The molecule has 170 valence electrons. The number of aromatic nitrogens is 5. The number of aryl methyl sites for hydroxylation is 1. The summed E-state index contributed by atoms with van der Waals surface area (Å²) in [6.45, 7) is 1.74. The fraction of sp³-hybridized carbons (Fsp3) is 0.565. The normalized spacial score (nSPS) is 18.4. The fourth-order valence-electron chi connectivity index (χ4n) is 5.05. The van der Waals surface area contributed by atoms with Crippen LogP contribution in [0.3, 0.4) is 0 Å². The smallest absolute Gasteiger partial charge is 0.262 e. The molecular weight excluding hydrogens is 406 g/mol. The summed E-state index contributed by atoms with van der Waals surface area (Å²) in [5.74, 6) is 2.06. The van der Waals surface area contributed by atoms with Gasteiger partial charge in [-0.3, -0.25) is 4.79 Å². The summed E-state index contributed by atoms with van der Waals surface area (Å²) in [6, 6.07) is 4.12. The maximum Gasteiger partial charge on any atom is 0.262 e. The lowest BCUT2D eigenvalue weighted by Gasteiger charge is -2.31. The van der Waals surface area contributed by atoms with Crippen LogP contribution in [-0.4, -0.2) is 51.0 Å². The molecule has 9 heteroatoms. The molecule has 1 saturated heterocycles. The Morgan fingerprint density at radius 3 is 2.56 bits per heavy atom. The van der Waals surface area contributed by atoms with E-state index in [0.717, 1.165) is 50.3 Å². The minimum absolute atomic E-state index is 0.158. The number of H-pyrrole nitrogens is 1. The van der Waals surface area contributed by atoms with Crippen molar-refractivity contribution in [3.8, 4) is 17.3 Å². The van der Waals surface area contributed by atoms with Crippen LogP contribution in [0.25, 0.3) is 22.4 Å². The molecule has 2 aliphatic rings. The number of piperidine rings is 1. The van der Waals surface area contributed by atoms with Gasteiger partial charge in [0.15, 0.2) is 5.65 Å². The Bertz CT molecular complexity index is 1170. The maximum absolute atomic E-state index is 13.2. The van der Waals surface area contributed by atoms with E-state index in [2.05, 4.69) is 9.88 Å². The van der Waals surface area contributed by atoms with Crippen LogP contribution in [-0.2, 0) is 7.05 Å². The number of rotatable bonds is 4. The number of hydrogen-bond acceptors (Lipinski definition) is 7. The van der Waals surface area contributed by atoms with Gasteiger partial charge in [0.25, 0.3) is 5.56 Å². The van der Waals surface area contributed by atoms with Crippen LogP contribution in [0.4, 0.5) is 5.82 Å². The predicted octanol–water partition coefficient (Wildman–Crippen LogP) is 2.70. The Balaban J connectivity index is 1.53. The summed E-state index contributed by atoms with van der Waals surface area (Å²) in [5, 5.41) is 5.31. The Morgan fingerprint density at radius 2 is 1.84 bits per heavy atom. The number of nitrogens with zero attached hydrogens (tertiary/aromatic N) is 5. The number of ether oxygens (including phenoxy) is 1. The molecule has 3 N–H and O–H groups in total. The van der Waals surface area contributed by atoms with Gasteiger partial charge in [-0.05, 0) is 37.8 Å². The molecule has 0 aromatic carbocycles. The lowest BCUT2D eigenvalue weighted by molar-refractivity contribution is 0.398. The van der Waals surface area contributed by atoms with Crippen molar-refractivity contribution in [3.05, 3.63) is 28.2 Å². The van der Waals surface area contributed by atoms with Gasteiger partial charge < -0.3 is 20.4 Å². The van der Waals surface area contributed by atoms with Gasteiger partial charge in [0, 0.05) is 32.1 Å². The Kier molecular flexibility index (Phi) is 5.58. The van der Waals surface area contributed by atoms with Gasteiger partial charge in [0.05, 0.1) is 18.4 Å². The van der Waals surface area contributed by atoms with Crippen molar-refractivity contribution in [2.75, 3.05) is 25.1 Å². The summed E-state index contributed by atoms with van der Waals surface area (Å²) < 4.78 is 7.31. The first-order valence-corrected chi connectivity index (χ1v) is 11.6. The van der Waals surface area contributed by atoms with E-state index in [1.54, 1.807) is 11.8 Å². The van der Waals surface area contributed by atoms with Crippen molar-refractivity contribution in [1.82, 2.24) is 24.7 Å². The fourth-order valence-corrected chi connectivity index (χ4v) is 5.05. The van der Waals surface area contributed by atoms with E-state index in [9.17, 15) is 4.79 Å². The highest BCUT2D eigenvalue weighted by molar-refractivity contribution is 5.80. The Labute approximate surface area is 187 Å². The molecule has 0 atom stereocenters. The monoisotopic (exact) mass is 437 g/mol. The van der Waals surface area contributed by atoms with Crippen molar-refractivity contribution in [3.63, 3.8) is 0 Å². The maximum atomic E-state index is 13.2. The lowest BCUT2D eigenvalue weighted by atomic mass is 9.86. The topological polar surface area (TPSA) is 115 Å². The largest absolute Gasteiger partial charge is 0.480 e. The highest BCUT2D eigenvalue weighted by Gasteiger charge is 2.25. The van der Waals surface area contributed by atoms with Gasteiger partial charge in [0.2, 0.25) is 5.88 Å². The minimum Gasteiger partial charge on any atom is -0.480 e. The van der Waals surface area contributed by atoms with E-state index >= 15 is 0 Å². The van der Waals surface area contributed by atoms with E-state index in [0.29, 0.717) is 34.2 Å². The molecule has 0 amide bonds. The third-order valence-corrected chi connectivity index (χ3v) is 6.87. The van der Waals surface area contributed by atoms with Crippen molar-refractivity contribution in [2.24, 2.45) is 12.8 Å². The van der Waals surface area contributed by atoms with Crippen LogP contribution in [0.15, 0.2) is 16.9 Å². The van der Waals surface area contributed by atoms with Crippen LogP contribution in [0, 0.1) is 0 Å². The van der Waals surface area contributed by atoms with Crippen LogP contribution >= 0.6 is 0 Å². The van der Waals surface area contributed by atoms with Crippen molar-refractivity contribution in [1.29, 1.82) is 0 Å². The number of nitrogens with two attached hydrogens (primary N) is 1. The number of methoxy groups -OCH3 is 1. The molecule has 3 aromatic heterocycles. The molecule has 9 nitrogen and oxygen atoms in total. The third kappa shape index (κ3) is 3.74. The average molecular weight is 438 g/mol. The Hall–Kier alpha value is -2.94. The number of hydrogen-bond donors (Lipinski definition) is 2. The number of pyridine rings is 1. The molecule has 3 aromatic rings. The van der Waals surface area contributed by atoms with Crippen molar-refractivity contribution >= 4 is 16.9 Å². The second-order valence-electron chi connectivity index (χ2n) is 9.01. The quantitative estimate of drug-likeness (QED) is 0.645. The highest BCUT2D eigenvalue weighted by Crippen LogP contribution is 2.35. The van der Waals surface area contributed by atoms with Crippen molar-refractivity contribution in [2.45, 2.75) is 56.9 Å². The summed E-state index contributed by atoms with van der Waals surface area (Å²) in [5.41, 5.74) is 8.01. The number of anilines is 1. The molecule has 1 aliphatic heterocycles. The average Bonchev–Trinajstić information content (AvgIpc) is 3.16. The van der Waals surface area contributed by atoms with E-state index in [1.165, 1.54) is 19.3 Å². The summed E-state index contributed by atoms with van der Waals surface area (Å²) in [7, 11) is 3.44. The SMILES string of the molecule is COc1nc(N2CCC(N)CC2)ccc1-c1nc2c(c(C3CCCCC3)nn2C)c(=O)[nH]1. The summed E-state index contributed by atoms with van der Waals surface area (Å²) in [6.07, 6.45) is 7.67.